The van der Waals surface area contributed by atoms with Crippen molar-refractivity contribution in [1.82, 2.24) is 24.4 Å². The van der Waals surface area contributed by atoms with Crippen molar-refractivity contribution in [3.8, 4) is 0 Å². The Hall–Kier alpha value is -2.91. The fourth-order valence-corrected chi connectivity index (χ4v) is 4.60. The van der Waals surface area contributed by atoms with E-state index in [2.05, 4.69) is 16.7 Å². The van der Waals surface area contributed by atoms with Crippen molar-refractivity contribution < 1.29 is 22.8 Å². The number of fused-ring (bicyclic) bond motifs is 1. The van der Waals surface area contributed by atoms with E-state index in [1.54, 1.807) is 28.9 Å². The Morgan fingerprint density at radius 2 is 2.09 bits per heavy atom. The number of amides is 2. The highest BCUT2D eigenvalue weighted by Gasteiger charge is 2.40. The number of halogens is 3. The molecule has 2 atom stereocenters. The smallest absolute Gasteiger partial charge is 0.338 e. The van der Waals surface area contributed by atoms with Crippen LogP contribution in [0.5, 0.6) is 0 Å². The Bertz CT molecular complexity index is 1050. The summed E-state index contributed by atoms with van der Waals surface area (Å²) < 4.78 is 41.7. The molecule has 2 aromatic heterocycles. The number of likely N-dealkylation sites (tertiary alicyclic amines) is 2. The van der Waals surface area contributed by atoms with Gasteiger partial charge in [0.1, 0.15) is 5.69 Å². The number of hydrogen-bond acceptors (Lipinski definition) is 4. The van der Waals surface area contributed by atoms with Crippen molar-refractivity contribution in [2.45, 2.75) is 51.2 Å². The van der Waals surface area contributed by atoms with Crippen LogP contribution in [-0.2, 0) is 22.2 Å². The molecule has 0 bridgehead atoms. The van der Waals surface area contributed by atoms with Crippen molar-refractivity contribution >= 4 is 17.5 Å². The molecule has 172 valence electrons. The maximum atomic E-state index is 13.6. The molecule has 2 saturated heterocycles. The molecule has 2 fully saturated rings. The third-order valence-electron chi connectivity index (χ3n) is 6.19. The van der Waals surface area contributed by atoms with Gasteiger partial charge in [0.2, 0.25) is 11.8 Å². The van der Waals surface area contributed by atoms with E-state index in [0.717, 1.165) is 23.4 Å². The van der Waals surface area contributed by atoms with Gasteiger partial charge in [-0.3, -0.25) is 9.59 Å². The second kappa shape index (κ2) is 8.55. The first-order valence-electron chi connectivity index (χ1n) is 10.9. The number of hydrogen-bond donors (Lipinski definition) is 0. The Morgan fingerprint density at radius 1 is 1.31 bits per heavy atom. The summed E-state index contributed by atoms with van der Waals surface area (Å²) in [7, 11) is 0. The summed E-state index contributed by atoms with van der Waals surface area (Å²) in [5.74, 6) is -0.698. The number of carbonyl (C=O) groups is 2. The molecule has 10 heteroatoms. The van der Waals surface area contributed by atoms with Crippen LogP contribution in [-0.4, -0.2) is 55.8 Å². The van der Waals surface area contributed by atoms with Gasteiger partial charge in [0.05, 0.1) is 17.7 Å². The maximum absolute atomic E-state index is 13.6. The summed E-state index contributed by atoms with van der Waals surface area (Å²) in [5, 5.41) is 4.25. The van der Waals surface area contributed by atoms with Crippen LogP contribution in [0.3, 0.4) is 0 Å². The van der Waals surface area contributed by atoms with Crippen LogP contribution in [0.1, 0.15) is 55.7 Å². The fourth-order valence-electron chi connectivity index (χ4n) is 4.60. The van der Waals surface area contributed by atoms with Crippen molar-refractivity contribution in [3.05, 3.63) is 41.9 Å². The Balaban J connectivity index is 1.66. The fraction of sp³-hybridized carbons (Fsp3) is 0.545. The van der Waals surface area contributed by atoms with Gasteiger partial charge >= 0.3 is 6.18 Å². The average molecular weight is 449 g/mol. The highest BCUT2D eigenvalue weighted by Crippen LogP contribution is 2.35. The largest absolute Gasteiger partial charge is 0.433 e. The van der Waals surface area contributed by atoms with Gasteiger partial charge in [0.25, 0.3) is 0 Å². The maximum Gasteiger partial charge on any atom is 0.433 e. The molecule has 2 aliphatic heterocycles. The molecule has 2 aliphatic rings. The van der Waals surface area contributed by atoms with Crippen LogP contribution in [0.15, 0.2) is 24.8 Å². The molecule has 4 heterocycles. The van der Waals surface area contributed by atoms with Crippen LogP contribution in [0, 0.1) is 5.92 Å². The monoisotopic (exact) mass is 449 g/mol. The average Bonchev–Trinajstić information content (AvgIpc) is 3.35. The van der Waals surface area contributed by atoms with Crippen molar-refractivity contribution in [3.63, 3.8) is 0 Å². The summed E-state index contributed by atoms with van der Waals surface area (Å²) in [6, 6.07) is 2.13. The number of rotatable bonds is 5. The Morgan fingerprint density at radius 3 is 2.78 bits per heavy atom. The van der Waals surface area contributed by atoms with Crippen molar-refractivity contribution in [2.24, 2.45) is 5.92 Å². The standard InChI is InChI=1S/C22H26F3N5O2/c1-3-8-28-13-14(10-20(28)31)21(32)29-9-6-5-7-17(29)16-12-19-26-15(4-2)11-18(22(23,24)25)30(19)27-16/h3,11-12,14,17H,1,4-10,13H2,2H3/t14-,17-/m1/s1. The summed E-state index contributed by atoms with van der Waals surface area (Å²) in [6.07, 6.45) is -0.191. The molecule has 7 nitrogen and oxygen atoms in total. The molecule has 0 radical (unpaired) electrons. The van der Waals surface area contributed by atoms with Crippen molar-refractivity contribution in [1.29, 1.82) is 0 Å². The zero-order valence-corrected chi connectivity index (χ0v) is 17.9. The first kappa shape index (κ1) is 22.3. The number of alkyl halides is 3. The molecule has 0 saturated carbocycles. The van der Waals surface area contributed by atoms with Crippen LogP contribution in [0.2, 0.25) is 0 Å². The van der Waals surface area contributed by atoms with E-state index < -0.39 is 23.8 Å². The van der Waals surface area contributed by atoms with E-state index in [0.29, 0.717) is 43.9 Å². The number of piperidine rings is 1. The third kappa shape index (κ3) is 4.10. The van der Waals surface area contributed by atoms with Gasteiger partial charge in [-0.15, -0.1) is 6.58 Å². The highest BCUT2D eigenvalue weighted by molar-refractivity contribution is 5.89. The van der Waals surface area contributed by atoms with E-state index in [9.17, 15) is 22.8 Å². The number of nitrogens with zero attached hydrogens (tertiary/aromatic N) is 5. The normalized spacial score (nSPS) is 22.1. The minimum absolute atomic E-state index is 0.0874. The summed E-state index contributed by atoms with van der Waals surface area (Å²) in [4.78, 5) is 33.1. The van der Waals surface area contributed by atoms with Gasteiger partial charge < -0.3 is 9.80 Å². The van der Waals surface area contributed by atoms with E-state index >= 15 is 0 Å². The molecule has 0 spiro atoms. The highest BCUT2D eigenvalue weighted by atomic mass is 19.4. The summed E-state index contributed by atoms with van der Waals surface area (Å²) in [6.45, 7) is 6.60. The Kier molecular flexibility index (Phi) is 5.96. The zero-order valence-electron chi connectivity index (χ0n) is 17.9. The number of aryl methyl sites for hydroxylation is 1. The predicted molar refractivity (Wildman–Crippen MR) is 111 cm³/mol. The van der Waals surface area contributed by atoms with Gasteiger partial charge in [-0.2, -0.15) is 18.3 Å². The van der Waals surface area contributed by atoms with Crippen LogP contribution in [0.25, 0.3) is 5.65 Å². The minimum atomic E-state index is -4.57. The van der Waals surface area contributed by atoms with E-state index in [-0.39, 0.29) is 23.9 Å². The lowest BCUT2D eigenvalue weighted by atomic mass is 9.96. The zero-order chi connectivity index (χ0) is 23.0. The lowest BCUT2D eigenvalue weighted by molar-refractivity contribution is -0.143. The molecule has 0 aromatic carbocycles. The molecular formula is C22H26F3N5O2. The molecule has 0 N–H and O–H groups in total. The molecule has 2 amide bonds. The van der Waals surface area contributed by atoms with Crippen LogP contribution < -0.4 is 0 Å². The van der Waals surface area contributed by atoms with Gasteiger partial charge in [-0.1, -0.05) is 13.0 Å². The predicted octanol–water partition coefficient (Wildman–Crippen LogP) is 3.40. The second-order valence-corrected chi connectivity index (χ2v) is 8.35. The van der Waals surface area contributed by atoms with Gasteiger partial charge in [-0.05, 0) is 31.7 Å². The molecule has 0 aliphatic carbocycles. The lowest BCUT2D eigenvalue weighted by Gasteiger charge is -2.36. The van der Waals surface area contributed by atoms with Gasteiger partial charge in [-0.25, -0.2) is 9.50 Å². The van der Waals surface area contributed by atoms with Crippen LogP contribution in [0.4, 0.5) is 13.2 Å². The lowest BCUT2D eigenvalue weighted by Crippen LogP contribution is -2.42. The SMILES string of the molecule is C=CCN1C[C@H](C(=O)N2CCCC[C@@H]2c2cc3nc(CC)cc(C(F)(F)F)n3n2)CC1=O. The van der Waals surface area contributed by atoms with Crippen molar-refractivity contribution in [2.75, 3.05) is 19.6 Å². The summed E-state index contributed by atoms with van der Waals surface area (Å²) in [5.41, 5.74) is -0.0187. The molecule has 32 heavy (non-hydrogen) atoms. The third-order valence-corrected chi connectivity index (χ3v) is 6.19. The van der Waals surface area contributed by atoms with E-state index in [1.807, 2.05) is 0 Å². The summed E-state index contributed by atoms with van der Waals surface area (Å²) >= 11 is 0. The molecule has 4 rings (SSSR count). The van der Waals surface area contributed by atoms with Gasteiger partial charge in [0, 0.05) is 37.8 Å². The second-order valence-electron chi connectivity index (χ2n) is 8.35. The first-order valence-corrected chi connectivity index (χ1v) is 10.9. The van der Waals surface area contributed by atoms with Crippen LogP contribution >= 0.6 is 0 Å². The number of carbonyl (C=O) groups excluding carboxylic acids is 2. The topological polar surface area (TPSA) is 70.8 Å². The quantitative estimate of drug-likeness (QED) is 0.656. The Labute approximate surface area is 183 Å². The molecule has 0 unspecified atom stereocenters. The number of aromatic nitrogens is 3. The van der Waals surface area contributed by atoms with E-state index in [1.165, 1.54) is 0 Å². The van der Waals surface area contributed by atoms with E-state index in [4.69, 9.17) is 0 Å². The molecular weight excluding hydrogens is 423 g/mol. The minimum Gasteiger partial charge on any atom is -0.338 e. The first-order chi connectivity index (χ1) is 15.2. The van der Waals surface area contributed by atoms with Gasteiger partial charge in [0.15, 0.2) is 5.65 Å². The molecule has 2 aromatic rings.